The van der Waals surface area contributed by atoms with Crippen molar-refractivity contribution in [1.29, 1.82) is 0 Å². The fourth-order valence-electron chi connectivity index (χ4n) is 2.90. The van der Waals surface area contributed by atoms with Crippen molar-refractivity contribution in [2.75, 3.05) is 24.9 Å². The van der Waals surface area contributed by atoms with Gasteiger partial charge in [-0.3, -0.25) is 29.8 Å². The van der Waals surface area contributed by atoms with Crippen LogP contribution in [0.25, 0.3) is 0 Å². The summed E-state index contributed by atoms with van der Waals surface area (Å²) >= 11 is 0. The van der Waals surface area contributed by atoms with Gasteiger partial charge in [-0.25, -0.2) is 0 Å². The van der Waals surface area contributed by atoms with Crippen LogP contribution >= 0.6 is 0 Å². The molecule has 0 unspecified atom stereocenters. The number of nitrogens with zero attached hydrogens (tertiary/aromatic N) is 2. The van der Waals surface area contributed by atoms with Gasteiger partial charge in [0.15, 0.2) is 0 Å². The van der Waals surface area contributed by atoms with Crippen molar-refractivity contribution in [3.05, 3.63) is 56.6 Å². The van der Waals surface area contributed by atoms with Crippen LogP contribution in [-0.2, 0) is 9.59 Å². The number of methoxy groups -OCH3 is 2. The second kappa shape index (κ2) is 10.8. The van der Waals surface area contributed by atoms with Crippen LogP contribution < -0.4 is 20.1 Å². The molecule has 2 aromatic rings. The summed E-state index contributed by atoms with van der Waals surface area (Å²) in [6.07, 6.45) is 0. The molecule has 2 aromatic carbocycles. The lowest BCUT2D eigenvalue weighted by molar-refractivity contribution is -0.385. The first-order valence-electron chi connectivity index (χ1n) is 10.0. The quantitative estimate of drug-likeness (QED) is 0.217. The molecule has 0 bridgehead atoms. The number of carbonyl (C=O) groups excluding carboxylic acids is 2. The van der Waals surface area contributed by atoms with Crippen LogP contribution in [0.5, 0.6) is 11.5 Å². The Hall–Kier alpha value is -4.78. The van der Waals surface area contributed by atoms with E-state index in [1.807, 2.05) is 0 Å². The summed E-state index contributed by atoms with van der Waals surface area (Å²) in [6, 6.07) is 3.50. The number of hydrogen-bond acceptors (Lipinski definition) is 8. The van der Waals surface area contributed by atoms with E-state index in [0.29, 0.717) is 24.3 Å². The molecule has 0 spiro atoms. The Morgan fingerprint density at radius 2 is 0.975 bits per heavy atom. The number of nitrogens with one attached hydrogen (secondary N) is 2. The maximum absolute atomic E-state index is 14.4. The Kier molecular flexibility index (Phi) is 8.46. The highest BCUT2D eigenvalue weighted by Gasteiger charge is 2.84. The average molecular weight is 590 g/mol. The first kappa shape index (κ1) is 31.4. The number of nitro groups is 2. The van der Waals surface area contributed by atoms with Crippen LogP contribution in [0, 0.1) is 20.2 Å². The molecular formula is C20H14F8N4O8. The number of amides is 2. The molecule has 40 heavy (non-hydrogen) atoms. The van der Waals surface area contributed by atoms with Gasteiger partial charge in [-0.15, -0.1) is 0 Å². The van der Waals surface area contributed by atoms with Gasteiger partial charge in [0, 0.05) is 24.3 Å². The van der Waals surface area contributed by atoms with E-state index in [0.717, 1.165) is 37.0 Å². The van der Waals surface area contributed by atoms with Gasteiger partial charge < -0.3 is 20.1 Å². The summed E-state index contributed by atoms with van der Waals surface area (Å²) in [5.74, 6) is -35.9. The van der Waals surface area contributed by atoms with Crippen molar-refractivity contribution in [3.8, 4) is 11.5 Å². The molecule has 0 aliphatic rings. The lowest BCUT2D eigenvalue weighted by atomic mass is 9.97. The molecule has 0 saturated carbocycles. The van der Waals surface area contributed by atoms with Gasteiger partial charge in [-0.05, 0) is 12.1 Å². The third-order valence-electron chi connectivity index (χ3n) is 5.04. The topological polar surface area (TPSA) is 163 Å². The molecule has 0 saturated heterocycles. The van der Waals surface area contributed by atoms with E-state index in [4.69, 9.17) is 0 Å². The second-order valence-electron chi connectivity index (χ2n) is 7.49. The Bertz CT molecular complexity index is 1250. The highest BCUT2D eigenvalue weighted by molar-refractivity contribution is 6.00. The number of anilines is 2. The summed E-state index contributed by atoms with van der Waals surface area (Å²) < 4.78 is 124. The SMILES string of the molecule is COc1ccc([N+](=O)[O-])cc1NC(=O)C(F)(F)C(F)(F)C(F)(F)C(F)(F)C(=O)Nc1cc([N+](=O)[O-])ccc1OC. The van der Waals surface area contributed by atoms with E-state index in [2.05, 4.69) is 9.47 Å². The molecule has 0 aliphatic heterocycles. The van der Waals surface area contributed by atoms with Gasteiger partial charge in [0.1, 0.15) is 11.5 Å². The monoisotopic (exact) mass is 590 g/mol. The minimum Gasteiger partial charge on any atom is -0.495 e. The Morgan fingerprint density at radius 3 is 1.23 bits per heavy atom. The van der Waals surface area contributed by atoms with E-state index in [1.54, 1.807) is 0 Å². The van der Waals surface area contributed by atoms with E-state index in [-0.39, 0.29) is 0 Å². The van der Waals surface area contributed by atoms with E-state index < -0.39 is 79.6 Å². The van der Waals surface area contributed by atoms with Crippen LogP contribution in [0.3, 0.4) is 0 Å². The zero-order valence-electron chi connectivity index (χ0n) is 19.6. The van der Waals surface area contributed by atoms with Crippen molar-refractivity contribution in [3.63, 3.8) is 0 Å². The maximum atomic E-state index is 14.4. The van der Waals surface area contributed by atoms with E-state index >= 15 is 0 Å². The van der Waals surface area contributed by atoms with Gasteiger partial charge in [0.25, 0.3) is 11.4 Å². The lowest BCUT2D eigenvalue weighted by Crippen LogP contribution is -2.67. The first-order valence-corrected chi connectivity index (χ1v) is 10.0. The molecule has 0 radical (unpaired) electrons. The normalized spacial score (nSPS) is 12.3. The van der Waals surface area contributed by atoms with Crippen LogP contribution in [0.2, 0.25) is 0 Å². The Balaban J connectivity index is 2.45. The van der Waals surface area contributed by atoms with Gasteiger partial charge in [-0.2, -0.15) is 35.1 Å². The summed E-state index contributed by atoms with van der Waals surface area (Å²) in [5, 5.41) is 23.6. The summed E-state index contributed by atoms with van der Waals surface area (Å²) in [4.78, 5) is 43.3. The number of non-ortho nitro benzene ring substituents is 2. The molecule has 0 fully saturated rings. The highest BCUT2D eigenvalue weighted by Crippen LogP contribution is 2.53. The smallest absolute Gasteiger partial charge is 0.393 e. The molecule has 0 aliphatic carbocycles. The maximum Gasteiger partial charge on any atom is 0.393 e. The predicted octanol–water partition coefficient (Wildman–Crippen LogP) is 4.64. The summed E-state index contributed by atoms with van der Waals surface area (Å²) in [7, 11) is 1.68. The number of alkyl halides is 8. The molecule has 2 N–H and O–H groups in total. The molecule has 20 heteroatoms. The van der Waals surface area contributed by atoms with Gasteiger partial charge in [0.05, 0.1) is 35.4 Å². The number of benzene rings is 2. The van der Waals surface area contributed by atoms with Crippen LogP contribution in [0.15, 0.2) is 36.4 Å². The van der Waals surface area contributed by atoms with Crippen LogP contribution in [0.4, 0.5) is 57.9 Å². The Morgan fingerprint density at radius 1 is 0.675 bits per heavy atom. The fraction of sp³-hybridized carbons (Fsp3) is 0.300. The summed E-state index contributed by atoms with van der Waals surface area (Å²) in [5.41, 5.74) is -4.00. The van der Waals surface area contributed by atoms with E-state index in [1.165, 1.54) is 0 Å². The fourth-order valence-corrected chi connectivity index (χ4v) is 2.90. The van der Waals surface area contributed by atoms with Gasteiger partial charge in [0.2, 0.25) is 0 Å². The Labute approximate surface area is 216 Å². The zero-order chi connectivity index (χ0) is 30.8. The molecule has 2 amide bonds. The first-order chi connectivity index (χ1) is 18.3. The van der Waals surface area contributed by atoms with Gasteiger partial charge >= 0.3 is 35.5 Å². The molecule has 0 atom stereocenters. The molecule has 12 nitrogen and oxygen atoms in total. The zero-order valence-corrected chi connectivity index (χ0v) is 19.6. The van der Waals surface area contributed by atoms with Crippen LogP contribution in [-0.4, -0.2) is 59.6 Å². The molecule has 0 aromatic heterocycles. The third kappa shape index (κ3) is 5.36. The van der Waals surface area contributed by atoms with Crippen molar-refractivity contribution >= 4 is 34.6 Å². The summed E-state index contributed by atoms with van der Waals surface area (Å²) in [6.45, 7) is 0. The van der Waals surface area contributed by atoms with Crippen LogP contribution in [0.1, 0.15) is 0 Å². The standard InChI is InChI=1S/C20H14F8N4O8/c1-39-13-5-3-9(31(35)36)7-11(13)29-15(33)17(21,22)19(25,26)20(27,28)18(23,24)16(34)30-12-8-10(32(37)38)4-6-14(12)40-2/h3-8H,1-2H3,(H,29,33)(H,30,34). The molecule has 218 valence electrons. The minimum absolute atomic E-state index is 0.317. The molecular weight excluding hydrogens is 576 g/mol. The average Bonchev–Trinajstić information content (AvgIpc) is 2.87. The third-order valence-corrected chi connectivity index (χ3v) is 5.04. The van der Waals surface area contributed by atoms with Crippen molar-refractivity contribution < 1.29 is 64.0 Å². The molecule has 2 rings (SSSR count). The second-order valence-corrected chi connectivity index (χ2v) is 7.49. The number of carbonyl (C=O) groups is 2. The largest absolute Gasteiger partial charge is 0.495 e. The number of nitro benzene ring substituents is 2. The van der Waals surface area contributed by atoms with E-state index in [9.17, 15) is 64.9 Å². The predicted molar refractivity (Wildman–Crippen MR) is 116 cm³/mol. The number of halogens is 8. The lowest BCUT2D eigenvalue weighted by Gasteiger charge is -2.35. The van der Waals surface area contributed by atoms with Crippen molar-refractivity contribution in [1.82, 2.24) is 0 Å². The van der Waals surface area contributed by atoms with Crippen molar-refractivity contribution in [2.24, 2.45) is 0 Å². The molecule has 0 heterocycles. The highest BCUT2D eigenvalue weighted by atomic mass is 19.4. The number of ether oxygens (including phenoxy) is 2. The number of hydrogen-bond donors (Lipinski definition) is 2. The minimum atomic E-state index is -7.29. The van der Waals surface area contributed by atoms with Gasteiger partial charge in [-0.1, -0.05) is 0 Å². The number of rotatable bonds is 11. The van der Waals surface area contributed by atoms with Crippen molar-refractivity contribution in [2.45, 2.75) is 23.7 Å².